The van der Waals surface area contributed by atoms with Gasteiger partial charge in [0.15, 0.2) is 6.29 Å². The maximum absolute atomic E-state index is 10.7. The van der Waals surface area contributed by atoms with Gasteiger partial charge in [-0.15, -0.1) is 0 Å². The van der Waals surface area contributed by atoms with Crippen molar-refractivity contribution in [2.75, 3.05) is 0 Å². The molecule has 0 saturated heterocycles. The minimum Gasteiger partial charge on any atom is -0.298 e. The average Bonchev–Trinajstić information content (AvgIpc) is 2.29. The van der Waals surface area contributed by atoms with Crippen LogP contribution in [0.4, 0.5) is 0 Å². The summed E-state index contributed by atoms with van der Waals surface area (Å²) in [5.41, 5.74) is 5.16. The molecule has 17 heavy (non-hydrogen) atoms. The lowest BCUT2D eigenvalue weighted by Gasteiger charge is -2.08. The number of carbonyl (C=O) groups excluding carboxylic acids is 1. The highest BCUT2D eigenvalue weighted by atomic mass is 35.5. The minimum absolute atomic E-state index is 0.498. The van der Waals surface area contributed by atoms with Crippen LogP contribution < -0.4 is 0 Å². The summed E-state index contributed by atoms with van der Waals surface area (Å²) in [6, 6.07) is 11.8. The molecular weight excluding hydrogens is 232 g/mol. The lowest BCUT2D eigenvalue weighted by atomic mass is 9.98. The average molecular weight is 245 g/mol. The zero-order valence-electron chi connectivity index (χ0n) is 9.83. The Morgan fingerprint density at radius 3 is 2.41 bits per heavy atom. The van der Waals surface area contributed by atoms with Gasteiger partial charge in [-0.05, 0) is 42.7 Å². The van der Waals surface area contributed by atoms with Gasteiger partial charge in [0.05, 0.1) is 5.02 Å². The quantitative estimate of drug-likeness (QED) is 0.714. The largest absolute Gasteiger partial charge is 0.298 e. The Balaban J connectivity index is 2.53. The van der Waals surface area contributed by atoms with Crippen molar-refractivity contribution in [3.8, 4) is 11.1 Å². The molecule has 0 fully saturated rings. The molecule has 0 aromatic heterocycles. The second-order valence-electron chi connectivity index (χ2n) is 4.17. The topological polar surface area (TPSA) is 17.1 Å². The molecule has 0 aliphatic heterocycles. The van der Waals surface area contributed by atoms with Crippen LogP contribution in [0.25, 0.3) is 11.1 Å². The third-order valence-electron chi connectivity index (χ3n) is 2.82. The summed E-state index contributed by atoms with van der Waals surface area (Å²) in [5.74, 6) is 0. The van der Waals surface area contributed by atoms with Crippen molar-refractivity contribution in [1.29, 1.82) is 0 Å². The first kappa shape index (κ1) is 11.9. The molecule has 2 heteroatoms. The van der Waals surface area contributed by atoms with Gasteiger partial charge in [-0.25, -0.2) is 0 Å². The summed E-state index contributed by atoms with van der Waals surface area (Å²) in [4.78, 5) is 10.7. The highest BCUT2D eigenvalue weighted by Crippen LogP contribution is 2.27. The van der Waals surface area contributed by atoms with Crippen LogP contribution in [0.5, 0.6) is 0 Å². The van der Waals surface area contributed by atoms with E-state index in [1.54, 1.807) is 6.07 Å². The summed E-state index contributed by atoms with van der Waals surface area (Å²) in [6.45, 7) is 4.14. The molecule has 0 unspecified atom stereocenters. The molecule has 86 valence electrons. The van der Waals surface area contributed by atoms with Crippen LogP contribution >= 0.6 is 11.6 Å². The molecule has 2 aromatic rings. The van der Waals surface area contributed by atoms with Crippen molar-refractivity contribution >= 4 is 17.9 Å². The smallest absolute Gasteiger partial charge is 0.151 e. The third kappa shape index (κ3) is 2.40. The number of hydrogen-bond donors (Lipinski definition) is 0. The van der Waals surface area contributed by atoms with Crippen LogP contribution in [0, 0.1) is 13.8 Å². The first-order chi connectivity index (χ1) is 8.11. The number of rotatable bonds is 2. The standard InChI is InChI=1S/C15H13ClO/c1-10-3-6-14(11(2)7-10)12-4-5-13(9-17)15(16)8-12/h3-9H,1-2H3. The van der Waals surface area contributed by atoms with E-state index in [0.29, 0.717) is 10.6 Å². The molecular formula is C15H13ClO. The second-order valence-corrected chi connectivity index (χ2v) is 4.58. The van der Waals surface area contributed by atoms with Gasteiger partial charge in [-0.3, -0.25) is 4.79 Å². The van der Waals surface area contributed by atoms with Crippen LogP contribution in [-0.4, -0.2) is 6.29 Å². The molecule has 0 atom stereocenters. The van der Waals surface area contributed by atoms with Gasteiger partial charge >= 0.3 is 0 Å². The third-order valence-corrected chi connectivity index (χ3v) is 3.15. The Morgan fingerprint density at radius 2 is 1.82 bits per heavy atom. The van der Waals surface area contributed by atoms with Gasteiger partial charge < -0.3 is 0 Å². The van der Waals surface area contributed by atoms with E-state index in [2.05, 4.69) is 32.0 Å². The molecule has 0 radical (unpaired) electrons. The van der Waals surface area contributed by atoms with Crippen LogP contribution in [0.2, 0.25) is 5.02 Å². The first-order valence-corrected chi connectivity index (χ1v) is 5.82. The van der Waals surface area contributed by atoms with Crippen molar-refractivity contribution in [1.82, 2.24) is 0 Å². The molecule has 0 heterocycles. The summed E-state index contributed by atoms with van der Waals surface area (Å²) >= 11 is 6.03. The number of halogens is 1. The van der Waals surface area contributed by atoms with E-state index in [0.717, 1.165) is 17.4 Å². The Hall–Kier alpha value is -1.60. The maximum Gasteiger partial charge on any atom is 0.151 e. The van der Waals surface area contributed by atoms with Crippen LogP contribution in [-0.2, 0) is 0 Å². The molecule has 0 aliphatic carbocycles. The van der Waals surface area contributed by atoms with Crippen LogP contribution in [0.1, 0.15) is 21.5 Å². The molecule has 2 aromatic carbocycles. The predicted molar refractivity (Wildman–Crippen MR) is 71.7 cm³/mol. The van der Waals surface area contributed by atoms with E-state index in [9.17, 15) is 4.79 Å². The summed E-state index contributed by atoms with van der Waals surface area (Å²) < 4.78 is 0. The van der Waals surface area contributed by atoms with Crippen molar-refractivity contribution in [3.63, 3.8) is 0 Å². The van der Waals surface area contributed by atoms with Crippen molar-refractivity contribution in [2.24, 2.45) is 0 Å². The summed E-state index contributed by atoms with van der Waals surface area (Å²) in [6.07, 6.45) is 0.772. The van der Waals surface area contributed by atoms with E-state index in [4.69, 9.17) is 11.6 Å². The molecule has 0 N–H and O–H groups in total. The first-order valence-electron chi connectivity index (χ1n) is 5.44. The SMILES string of the molecule is Cc1ccc(-c2ccc(C=O)c(Cl)c2)c(C)c1. The number of aryl methyl sites for hydroxylation is 2. The summed E-state index contributed by atoms with van der Waals surface area (Å²) in [7, 11) is 0. The summed E-state index contributed by atoms with van der Waals surface area (Å²) in [5, 5.41) is 0.498. The van der Waals surface area contributed by atoms with Crippen LogP contribution in [0.3, 0.4) is 0 Å². The van der Waals surface area contributed by atoms with Crippen LogP contribution in [0.15, 0.2) is 36.4 Å². The highest BCUT2D eigenvalue weighted by molar-refractivity contribution is 6.33. The molecule has 0 bridgehead atoms. The Labute approximate surface area is 106 Å². The van der Waals surface area contributed by atoms with E-state index in [-0.39, 0.29) is 0 Å². The zero-order valence-corrected chi connectivity index (χ0v) is 10.6. The normalized spacial score (nSPS) is 10.3. The molecule has 0 saturated carbocycles. The predicted octanol–water partition coefficient (Wildman–Crippen LogP) is 4.44. The van der Waals surface area contributed by atoms with Crippen molar-refractivity contribution in [2.45, 2.75) is 13.8 Å². The number of benzene rings is 2. The monoisotopic (exact) mass is 244 g/mol. The van der Waals surface area contributed by atoms with Gasteiger partial charge in [-0.1, -0.05) is 41.4 Å². The molecule has 0 amide bonds. The van der Waals surface area contributed by atoms with Gasteiger partial charge in [0.1, 0.15) is 0 Å². The van der Waals surface area contributed by atoms with Crippen molar-refractivity contribution < 1.29 is 4.79 Å². The lowest BCUT2D eigenvalue weighted by Crippen LogP contribution is -1.87. The lowest BCUT2D eigenvalue weighted by molar-refractivity contribution is 0.112. The molecule has 2 rings (SSSR count). The fourth-order valence-corrected chi connectivity index (χ4v) is 2.15. The second kappa shape index (κ2) is 4.72. The van der Waals surface area contributed by atoms with Crippen molar-refractivity contribution in [3.05, 3.63) is 58.1 Å². The fourth-order valence-electron chi connectivity index (χ4n) is 1.93. The van der Waals surface area contributed by atoms with Gasteiger partial charge in [0.2, 0.25) is 0 Å². The van der Waals surface area contributed by atoms with Gasteiger partial charge in [-0.2, -0.15) is 0 Å². The van der Waals surface area contributed by atoms with E-state index >= 15 is 0 Å². The Kier molecular flexibility index (Phi) is 3.30. The Bertz CT molecular complexity index is 573. The van der Waals surface area contributed by atoms with E-state index in [1.807, 2.05) is 12.1 Å². The molecule has 1 nitrogen and oxygen atoms in total. The Morgan fingerprint density at radius 1 is 1.06 bits per heavy atom. The zero-order chi connectivity index (χ0) is 12.4. The van der Waals surface area contributed by atoms with E-state index < -0.39 is 0 Å². The highest BCUT2D eigenvalue weighted by Gasteiger charge is 2.05. The number of carbonyl (C=O) groups is 1. The number of aldehydes is 1. The number of hydrogen-bond acceptors (Lipinski definition) is 1. The van der Waals surface area contributed by atoms with E-state index in [1.165, 1.54) is 11.1 Å². The van der Waals surface area contributed by atoms with Gasteiger partial charge in [0, 0.05) is 5.56 Å². The minimum atomic E-state index is 0.498. The fraction of sp³-hybridized carbons (Fsp3) is 0.133. The molecule has 0 spiro atoms. The maximum atomic E-state index is 10.7. The van der Waals surface area contributed by atoms with Gasteiger partial charge in [0.25, 0.3) is 0 Å². The molecule has 0 aliphatic rings.